The highest BCUT2D eigenvalue weighted by Crippen LogP contribution is 2.36. The fourth-order valence-electron chi connectivity index (χ4n) is 3.03. The minimum Gasteiger partial charge on any atom is -0.384 e. The Balaban J connectivity index is 1.69. The van der Waals surface area contributed by atoms with Crippen LogP contribution in [0, 0.1) is 0 Å². The number of rotatable bonds is 4. The lowest BCUT2D eigenvalue weighted by Crippen LogP contribution is -2.14. The second-order valence-corrected chi connectivity index (χ2v) is 8.11. The Bertz CT molecular complexity index is 1160. The number of aliphatic hydroxyl groups excluding tert-OH is 1. The normalized spacial score (nSPS) is 12.1. The predicted molar refractivity (Wildman–Crippen MR) is 117 cm³/mol. The lowest BCUT2D eigenvalue weighted by molar-refractivity contribution is 0.103. The van der Waals surface area contributed by atoms with Gasteiger partial charge in [-0.15, -0.1) is 11.3 Å². The zero-order valence-corrected chi connectivity index (χ0v) is 16.9. The third kappa shape index (κ3) is 3.64. The van der Waals surface area contributed by atoms with Crippen molar-refractivity contribution in [1.29, 1.82) is 0 Å². The Labute approximate surface area is 176 Å². The Kier molecular flexibility index (Phi) is 5.38. The van der Waals surface area contributed by atoms with Crippen molar-refractivity contribution < 1.29 is 9.90 Å². The number of carbonyl (C=O) groups excluding carboxylic acids is 1. The first-order chi connectivity index (χ1) is 13.5. The van der Waals surface area contributed by atoms with Crippen LogP contribution in [-0.2, 0) is 0 Å². The lowest BCUT2D eigenvalue weighted by atomic mass is 10.00. The van der Waals surface area contributed by atoms with Gasteiger partial charge in [0.05, 0.1) is 5.02 Å². The van der Waals surface area contributed by atoms with Crippen LogP contribution in [0.15, 0.2) is 72.8 Å². The van der Waals surface area contributed by atoms with Gasteiger partial charge in [-0.3, -0.25) is 4.79 Å². The average molecular weight is 428 g/mol. The molecule has 4 aromatic rings. The molecular formula is C22H15Cl2NO2S. The molecule has 1 amide bonds. The van der Waals surface area contributed by atoms with Crippen LogP contribution in [0.5, 0.6) is 0 Å². The molecule has 1 atom stereocenters. The quantitative estimate of drug-likeness (QED) is 0.388. The minimum absolute atomic E-state index is 0.324. The topological polar surface area (TPSA) is 49.3 Å². The van der Waals surface area contributed by atoms with Gasteiger partial charge in [-0.05, 0) is 29.8 Å². The second-order valence-electron chi connectivity index (χ2n) is 6.24. The average Bonchev–Trinajstić information content (AvgIpc) is 3.06. The molecule has 0 aliphatic rings. The molecule has 0 radical (unpaired) electrons. The maximum Gasteiger partial charge on any atom is 0.267 e. The summed E-state index contributed by atoms with van der Waals surface area (Å²) in [6.45, 7) is 0. The summed E-state index contributed by atoms with van der Waals surface area (Å²) in [6.07, 6.45) is -0.923. The van der Waals surface area contributed by atoms with Crippen molar-refractivity contribution in [3.05, 3.63) is 98.8 Å². The van der Waals surface area contributed by atoms with Crippen molar-refractivity contribution in [1.82, 2.24) is 0 Å². The molecule has 0 saturated carbocycles. The zero-order chi connectivity index (χ0) is 19.7. The third-order valence-corrected chi connectivity index (χ3v) is 6.32. The number of halogens is 2. The van der Waals surface area contributed by atoms with Crippen molar-refractivity contribution in [2.75, 3.05) is 5.32 Å². The molecule has 0 aliphatic carbocycles. The highest BCUT2D eigenvalue weighted by molar-refractivity contribution is 7.21. The molecule has 3 aromatic carbocycles. The summed E-state index contributed by atoms with van der Waals surface area (Å²) < 4.78 is 0.943. The molecule has 0 spiro atoms. The molecule has 0 unspecified atom stereocenters. The van der Waals surface area contributed by atoms with Gasteiger partial charge in [0.15, 0.2) is 0 Å². The summed E-state index contributed by atoms with van der Waals surface area (Å²) >= 11 is 13.9. The van der Waals surface area contributed by atoms with Gasteiger partial charge in [0, 0.05) is 26.4 Å². The van der Waals surface area contributed by atoms with Gasteiger partial charge in [-0.2, -0.15) is 0 Å². The monoisotopic (exact) mass is 427 g/mol. The molecule has 0 saturated heterocycles. The second kappa shape index (κ2) is 7.94. The van der Waals surface area contributed by atoms with Crippen LogP contribution in [-0.4, -0.2) is 11.0 Å². The number of fused-ring (bicyclic) bond motifs is 1. The summed E-state index contributed by atoms with van der Waals surface area (Å²) in [5, 5.41) is 15.4. The van der Waals surface area contributed by atoms with Crippen LogP contribution >= 0.6 is 34.5 Å². The molecule has 6 heteroatoms. The Morgan fingerprint density at radius 2 is 1.68 bits per heavy atom. The maximum absolute atomic E-state index is 12.9. The van der Waals surface area contributed by atoms with E-state index in [1.165, 1.54) is 11.3 Å². The van der Waals surface area contributed by atoms with Crippen molar-refractivity contribution in [2.24, 2.45) is 0 Å². The highest BCUT2D eigenvalue weighted by Gasteiger charge is 2.20. The van der Waals surface area contributed by atoms with E-state index < -0.39 is 6.10 Å². The maximum atomic E-state index is 12.9. The van der Waals surface area contributed by atoms with Crippen LogP contribution in [0.1, 0.15) is 26.9 Å². The Hall–Kier alpha value is -2.37. The van der Waals surface area contributed by atoms with Crippen molar-refractivity contribution in [3.63, 3.8) is 0 Å². The Morgan fingerprint density at radius 1 is 0.964 bits per heavy atom. The molecule has 0 aliphatic heterocycles. The molecule has 2 N–H and O–H groups in total. The first kappa shape index (κ1) is 19.0. The first-order valence-corrected chi connectivity index (χ1v) is 10.1. The van der Waals surface area contributed by atoms with Crippen LogP contribution in [0.25, 0.3) is 10.1 Å². The molecular weight excluding hydrogens is 413 g/mol. The number of hydrogen-bond acceptors (Lipinski definition) is 3. The highest BCUT2D eigenvalue weighted by atomic mass is 35.5. The van der Waals surface area contributed by atoms with Gasteiger partial charge in [-0.1, -0.05) is 71.7 Å². The van der Waals surface area contributed by atoms with E-state index in [1.807, 2.05) is 54.6 Å². The van der Waals surface area contributed by atoms with Gasteiger partial charge >= 0.3 is 0 Å². The summed E-state index contributed by atoms with van der Waals surface area (Å²) in [4.78, 5) is 13.3. The summed E-state index contributed by atoms with van der Waals surface area (Å²) in [7, 11) is 0. The molecule has 0 bridgehead atoms. The predicted octanol–water partition coefficient (Wildman–Crippen LogP) is 6.54. The van der Waals surface area contributed by atoms with Gasteiger partial charge < -0.3 is 10.4 Å². The standard InChI is InChI=1S/C22H15Cl2NO2S/c23-14-10-11-17(16(12-14)20(26)13-6-2-1-3-7-13)25-22(27)21-19(24)15-8-4-5-9-18(15)28-21/h1-12,20,26H,(H,25,27)/t20-/m1/s1. The van der Waals surface area contributed by atoms with Crippen LogP contribution < -0.4 is 5.32 Å². The molecule has 140 valence electrons. The van der Waals surface area contributed by atoms with Crippen LogP contribution in [0.4, 0.5) is 5.69 Å². The van der Waals surface area contributed by atoms with E-state index in [0.717, 1.165) is 10.1 Å². The number of benzene rings is 3. The molecule has 3 nitrogen and oxygen atoms in total. The van der Waals surface area contributed by atoms with Gasteiger partial charge in [-0.25, -0.2) is 0 Å². The number of amides is 1. The fourth-order valence-corrected chi connectivity index (χ4v) is 4.62. The van der Waals surface area contributed by atoms with E-state index in [1.54, 1.807) is 18.2 Å². The van der Waals surface area contributed by atoms with Crippen molar-refractivity contribution >= 4 is 56.2 Å². The van der Waals surface area contributed by atoms with Crippen LogP contribution in [0.2, 0.25) is 10.0 Å². The number of thiophene rings is 1. The molecule has 1 aromatic heterocycles. The Morgan fingerprint density at radius 3 is 2.43 bits per heavy atom. The van der Waals surface area contributed by atoms with E-state index >= 15 is 0 Å². The fraction of sp³-hybridized carbons (Fsp3) is 0.0455. The van der Waals surface area contributed by atoms with Gasteiger partial charge in [0.25, 0.3) is 5.91 Å². The van der Waals surface area contributed by atoms with E-state index in [9.17, 15) is 9.90 Å². The minimum atomic E-state index is -0.923. The number of nitrogens with one attached hydrogen (secondary N) is 1. The van der Waals surface area contributed by atoms with Crippen molar-refractivity contribution in [3.8, 4) is 0 Å². The summed E-state index contributed by atoms with van der Waals surface area (Å²) in [5.74, 6) is -0.324. The number of aliphatic hydroxyl groups is 1. The molecule has 4 rings (SSSR count). The summed E-state index contributed by atoms with van der Waals surface area (Å²) in [6, 6.07) is 21.8. The number of hydrogen-bond donors (Lipinski definition) is 2. The number of anilines is 1. The van der Waals surface area contributed by atoms with E-state index in [2.05, 4.69) is 5.32 Å². The zero-order valence-electron chi connectivity index (χ0n) is 14.5. The third-order valence-electron chi connectivity index (χ3n) is 4.41. The molecule has 1 heterocycles. The van der Waals surface area contributed by atoms with Gasteiger partial charge in [0.2, 0.25) is 0 Å². The SMILES string of the molecule is O=C(Nc1ccc(Cl)cc1[C@H](O)c1ccccc1)c1sc2ccccc2c1Cl. The smallest absolute Gasteiger partial charge is 0.267 e. The molecule has 0 fully saturated rings. The van der Waals surface area contributed by atoms with E-state index in [0.29, 0.717) is 31.7 Å². The van der Waals surface area contributed by atoms with Crippen LogP contribution in [0.3, 0.4) is 0 Å². The van der Waals surface area contributed by atoms with E-state index in [-0.39, 0.29) is 5.91 Å². The lowest BCUT2D eigenvalue weighted by Gasteiger charge is -2.17. The van der Waals surface area contributed by atoms with Gasteiger partial charge in [0.1, 0.15) is 11.0 Å². The van der Waals surface area contributed by atoms with Crippen molar-refractivity contribution in [2.45, 2.75) is 6.10 Å². The largest absolute Gasteiger partial charge is 0.384 e. The number of carbonyl (C=O) groups is 1. The first-order valence-electron chi connectivity index (χ1n) is 8.55. The molecule has 28 heavy (non-hydrogen) atoms. The van der Waals surface area contributed by atoms with E-state index in [4.69, 9.17) is 23.2 Å². The summed E-state index contributed by atoms with van der Waals surface area (Å²) in [5.41, 5.74) is 1.71.